The molecule has 0 aliphatic heterocycles. The number of hydrogen-bond donors (Lipinski definition) is 1. The Kier molecular flexibility index (Phi) is 4.75. The van der Waals surface area contributed by atoms with Gasteiger partial charge in [0.05, 0.1) is 0 Å². The van der Waals surface area contributed by atoms with Crippen LogP contribution in [0.3, 0.4) is 0 Å². The molecule has 1 atom stereocenters. The number of anilines is 1. The Morgan fingerprint density at radius 1 is 1.32 bits per heavy atom. The highest BCUT2D eigenvalue weighted by molar-refractivity contribution is 5.38. The lowest BCUT2D eigenvalue weighted by molar-refractivity contribution is 0.0231. The van der Waals surface area contributed by atoms with Crippen LogP contribution in [0, 0.1) is 5.92 Å². The van der Waals surface area contributed by atoms with Crippen LogP contribution < -0.4 is 5.32 Å². The predicted molar refractivity (Wildman–Crippen MR) is 77.4 cm³/mol. The molecule has 1 heterocycles. The monoisotopic (exact) mass is 263 g/mol. The minimum absolute atomic E-state index is 0.0129. The maximum atomic E-state index is 5.82. The number of nitrogens with zero attached hydrogens (tertiary/aromatic N) is 2. The van der Waals surface area contributed by atoms with Gasteiger partial charge in [-0.1, -0.05) is 13.8 Å². The molecular weight excluding hydrogens is 238 g/mol. The Morgan fingerprint density at radius 3 is 2.58 bits per heavy atom. The topological polar surface area (TPSA) is 47.0 Å². The summed E-state index contributed by atoms with van der Waals surface area (Å²) in [6, 6.07) is 2.09. The molecule has 1 aromatic rings. The van der Waals surface area contributed by atoms with E-state index in [2.05, 4.69) is 37.1 Å². The van der Waals surface area contributed by atoms with Crippen LogP contribution in [0.4, 0.5) is 5.82 Å². The number of hydrogen-bond acceptors (Lipinski definition) is 4. The third-order valence-electron chi connectivity index (χ3n) is 3.32. The average molecular weight is 263 g/mol. The van der Waals surface area contributed by atoms with E-state index in [0.717, 1.165) is 18.2 Å². The Balaban J connectivity index is 2.30. The molecule has 1 aromatic heterocycles. The second kappa shape index (κ2) is 6.33. The second-order valence-electron chi connectivity index (χ2n) is 5.46. The lowest BCUT2D eigenvalue weighted by atomic mass is 10.1. The molecular formula is C15H25N3O. The van der Waals surface area contributed by atoms with Crippen molar-refractivity contribution in [2.75, 3.05) is 18.5 Å². The van der Waals surface area contributed by atoms with Crippen LogP contribution >= 0.6 is 0 Å². The van der Waals surface area contributed by atoms with Crippen molar-refractivity contribution >= 4 is 5.82 Å². The van der Waals surface area contributed by atoms with Crippen LogP contribution in [0.25, 0.3) is 0 Å². The van der Waals surface area contributed by atoms with Gasteiger partial charge in [0.2, 0.25) is 0 Å². The number of rotatable bonds is 7. The molecule has 1 fully saturated rings. The van der Waals surface area contributed by atoms with E-state index in [0.29, 0.717) is 18.4 Å². The minimum Gasteiger partial charge on any atom is -0.370 e. The highest BCUT2D eigenvalue weighted by Crippen LogP contribution is 2.40. The fourth-order valence-corrected chi connectivity index (χ4v) is 2.22. The fourth-order valence-electron chi connectivity index (χ4n) is 2.22. The van der Waals surface area contributed by atoms with Crippen molar-refractivity contribution in [3.63, 3.8) is 0 Å². The van der Waals surface area contributed by atoms with Crippen molar-refractivity contribution in [2.45, 2.75) is 52.6 Å². The van der Waals surface area contributed by atoms with Gasteiger partial charge in [0.15, 0.2) is 5.82 Å². The molecule has 1 saturated carbocycles. The highest BCUT2D eigenvalue weighted by atomic mass is 16.5. The van der Waals surface area contributed by atoms with Gasteiger partial charge in [-0.15, -0.1) is 0 Å². The van der Waals surface area contributed by atoms with E-state index in [1.54, 1.807) is 0 Å². The minimum atomic E-state index is -0.0129. The van der Waals surface area contributed by atoms with Crippen molar-refractivity contribution < 1.29 is 4.74 Å². The largest absolute Gasteiger partial charge is 0.370 e. The molecule has 1 aliphatic carbocycles. The number of ether oxygens (including phenoxy) is 1. The van der Waals surface area contributed by atoms with E-state index >= 15 is 0 Å². The van der Waals surface area contributed by atoms with Gasteiger partial charge in [-0.25, -0.2) is 9.97 Å². The lowest BCUT2D eigenvalue weighted by Crippen LogP contribution is -2.16. The maximum Gasteiger partial charge on any atom is 0.160 e. The quantitative estimate of drug-likeness (QED) is 0.817. The molecule has 2 rings (SSSR count). The number of aromatic nitrogens is 2. The fraction of sp³-hybridized carbons (Fsp3) is 0.733. The molecule has 4 heteroatoms. The molecule has 106 valence electrons. The molecule has 0 spiro atoms. The van der Waals surface area contributed by atoms with Crippen LogP contribution in [0.1, 0.15) is 64.1 Å². The summed E-state index contributed by atoms with van der Waals surface area (Å²) in [6.07, 6.45) is 2.49. The Hall–Kier alpha value is -1.16. The summed E-state index contributed by atoms with van der Waals surface area (Å²) >= 11 is 0. The molecule has 0 aromatic carbocycles. The molecule has 1 N–H and O–H groups in total. The smallest absolute Gasteiger partial charge is 0.160 e. The summed E-state index contributed by atoms with van der Waals surface area (Å²) in [5.74, 6) is 2.77. The van der Waals surface area contributed by atoms with Gasteiger partial charge in [0, 0.05) is 30.8 Å². The van der Waals surface area contributed by atoms with Crippen LogP contribution in [0.5, 0.6) is 0 Å². The molecule has 4 nitrogen and oxygen atoms in total. The first kappa shape index (κ1) is 14.3. The van der Waals surface area contributed by atoms with Gasteiger partial charge in [0.25, 0.3) is 0 Å². The Bertz CT molecular complexity index is 416. The maximum absolute atomic E-state index is 5.82. The van der Waals surface area contributed by atoms with Crippen molar-refractivity contribution in [1.29, 1.82) is 0 Å². The zero-order valence-electron chi connectivity index (χ0n) is 12.4. The molecule has 0 radical (unpaired) electrons. The first-order chi connectivity index (χ1) is 9.15. The van der Waals surface area contributed by atoms with Crippen LogP contribution in [0.15, 0.2) is 6.07 Å². The van der Waals surface area contributed by atoms with Gasteiger partial charge in [-0.05, 0) is 32.6 Å². The van der Waals surface area contributed by atoms with Crippen molar-refractivity contribution in [3.8, 4) is 0 Å². The van der Waals surface area contributed by atoms with Gasteiger partial charge < -0.3 is 10.1 Å². The van der Waals surface area contributed by atoms with Crippen LogP contribution in [-0.2, 0) is 4.74 Å². The van der Waals surface area contributed by atoms with Crippen molar-refractivity contribution in [3.05, 3.63) is 17.6 Å². The van der Waals surface area contributed by atoms with Gasteiger partial charge in [-0.3, -0.25) is 0 Å². The summed E-state index contributed by atoms with van der Waals surface area (Å²) in [4.78, 5) is 9.37. The van der Waals surface area contributed by atoms with E-state index in [1.165, 1.54) is 18.5 Å². The summed E-state index contributed by atoms with van der Waals surface area (Å²) in [5, 5.41) is 3.30. The van der Waals surface area contributed by atoms with Crippen LogP contribution in [-0.4, -0.2) is 23.1 Å². The standard InChI is InChI=1S/C15H25N3O/c1-5-16-13-9-12(11-7-8-11)17-15(18-13)14(10(3)4)19-6-2/h9-11,14H,5-8H2,1-4H3,(H,16,17,18). The van der Waals surface area contributed by atoms with Gasteiger partial charge in [-0.2, -0.15) is 0 Å². The summed E-state index contributed by atoms with van der Waals surface area (Å²) in [5.41, 5.74) is 1.17. The first-order valence-corrected chi connectivity index (χ1v) is 7.40. The van der Waals surface area contributed by atoms with E-state index < -0.39 is 0 Å². The molecule has 1 aliphatic rings. The van der Waals surface area contributed by atoms with E-state index in [4.69, 9.17) is 9.72 Å². The summed E-state index contributed by atoms with van der Waals surface area (Å²) in [7, 11) is 0. The number of nitrogens with one attached hydrogen (secondary N) is 1. The molecule has 0 saturated heterocycles. The predicted octanol–water partition coefficient (Wildman–Crippen LogP) is 3.52. The van der Waals surface area contributed by atoms with E-state index in [1.807, 2.05) is 6.92 Å². The first-order valence-electron chi connectivity index (χ1n) is 7.40. The van der Waals surface area contributed by atoms with Crippen LogP contribution in [0.2, 0.25) is 0 Å². The van der Waals surface area contributed by atoms with E-state index in [9.17, 15) is 0 Å². The highest BCUT2D eigenvalue weighted by Gasteiger charge is 2.28. The molecule has 0 amide bonds. The van der Waals surface area contributed by atoms with E-state index in [-0.39, 0.29) is 6.10 Å². The lowest BCUT2D eigenvalue weighted by Gasteiger charge is -2.20. The molecule has 19 heavy (non-hydrogen) atoms. The average Bonchev–Trinajstić information content (AvgIpc) is 3.19. The second-order valence-corrected chi connectivity index (χ2v) is 5.46. The van der Waals surface area contributed by atoms with Crippen molar-refractivity contribution in [1.82, 2.24) is 9.97 Å². The zero-order chi connectivity index (χ0) is 13.8. The third kappa shape index (κ3) is 3.66. The zero-order valence-corrected chi connectivity index (χ0v) is 12.4. The molecule has 1 unspecified atom stereocenters. The summed E-state index contributed by atoms with van der Waals surface area (Å²) < 4.78 is 5.82. The third-order valence-corrected chi connectivity index (χ3v) is 3.32. The van der Waals surface area contributed by atoms with Gasteiger partial charge >= 0.3 is 0 Å². The van der Waals surface area contributed by atoms with Gasteiger partial charge in [0.1, 0.15) is 11.9 Å². The Labute approximate surface area is 116 Å². The summed E-state index contributed by atoms with van der Waals surface area (Å²) in [6.45, 7) is 9.98. The molecule has 0 bridgehead atoms. The normalized spacial score (nSPS) is 16.7. The SMILES string of the molecule is CCNc1cc(C2CC2)nc(C(OCC)C(C)C)n1. The Morgan fingerprint density at radius 2 is 2.05 bits per heavy atom. The van der Waals surface area contributed by atoms with Crippen molar-refractivity contribution in [2.24, 2.45) is 5.92 Å².